The molecular weight excluding hydrogens is 396 g/mol. The molecule has 5 nitrogen and oxygen atoms in total. The fraction of sp³-hybridized carbons (Fsp3) is 0.417. The van der Waals surface area contributed by atoms with Gasteiger partial charge in [0.15, 0.2) is 0 Å². The van der Waals surface area contributed by atoms with Crippen molar-refractivity contribution in [2.45, 2.75) is 59.0 Å². The normalized spacial score (nSPS) is 12.8. The van der Waals surface area contributed by atoms with Crippen LogP contribution in [0.25, 0.3) is 10.2 Å². The van der Waals surface area contributed by atoms with Gasteiger partial charge in [-0.25, -0.2) is 4.98 Å². The Morgan fingerprint density at radius 1 is 1.23 bits per heavy atom. The molecule has 0 aliphatic rings. The average Bonchev–Trinajstić information content (AvgIpc) is 3.05. The lowest BCUT2D eigenvalue weighted by molar-refractivity contribution is -0.137. The summed E-state index contributed by atoms with van der Waals surface area (Å²) in [5, 5.41) is 13.9. The molecule has 1 atom stereocenters. The predicted molar refractivity (Wildman–Crippen MR) is 124 cm³/mol. The Labute approximate surface area is 182 Å². The summed E-state index contributed by atoms with van der Waals surface area (Å²) in [6.45, 7) is 10.7. The Bertz CT molecular complexity index is 1040. The number of anilines is 2. The number of thiazole rings is 1. The quantitative estimate of drug-likeness (QED) is 0.404. The summed E-state index contributed by atoms with van der Waals surface area (Å²) in [6.07, 6.45) is 0.891. The zero-order chi connectivity index (χ0) is 21.9. The molecule has 0 fully saturated rings. The van der Waals surface area contributed by atoms with Gasteiger partial charge in [-0.2, -0.15) is 0 Å². The van der Waals surface area contributed by atoms with Crippen LogP contribution < -0.4 is 5.32 Å². The highest BCUT2D eigenvalue weighted by Crippen LogP contribution is 2.37. The van der Waals surface area contributed by atoms with Gasteiger partial charge in [0.25, 0.3) is 0 Å². The van der Waals surface area contributed by atoms with Gasteiger partial charge >= 0.3 is 5.97 Å². The highest BCUT2D eigenvalue weighted by Gasteiger charge is 2.25. The summed E-state index contributed by atoms with van der Waals surface area (Å²) in [5.74, 6) is -0.806. The van der Waals surface area contributed by atoms with Gasteiger partial charge in [-0.15, -0.1) is 11.3 Å². The summed E-state index contributed by atoms with van der Waals surface area (Å²) in [7, 11) is 0. The lowest BCUT2D eigenvalue weighted by Gasteiger charge is -2.29. The van der Waals surface area contributed by atoms with Gasteiger partial charge < -0.3 is 15.2 Å². The Kier molecular flexibility index (Phi) is 6.78. The number of carboxylic acids is 1. The molecule has 160 valence electrons. The first-order chi connectivity index (χ1) is 14.2. The highest BCUT2D eigenvalue weighted by molar-refractivity contribution is 7.18. The van der Waals surface area contributed by atoms with Crippen LogP contribution >= 0.6 is 11.3 Å². The van der Waals surface area contributed by atoms with Crippen molar-refractivity contribution in [2.24, 2.45) is 0 Å². The third kappa shape index (κ3) is 4.99. The summed E-state index contributed by atoms with van der Waals surface area (Å²) in [6, 6.07) is 12.3. The average molecular weight is 427 g/mol. The molecule has 0 aliphatic heterocycles. The number of ether oxygens (including phenoxy) is 1. The van der Waals surface area contributed by atoms with Gasteiger partial charge in [0.2, 0.25) is 0 Å². The van der Waals surface area contributed by atoms with E-state index in [-0.39, 0.29) is 12.3 Å². The number of nitrogens with one attached hydrogen (secondary N) is 1. The van der Waals surface area contributed by atoms with Gasteiger partial charge in [0.1, 0.15) is 0 Å². The Morgan fingerprint density at radius 3 is 2.67 bits per heavy atom. The van der Waals surface area contributed by atoms with E-state index in [9.17, 15) is 9.90 Å². The molecule has 2 aromatic carbocycles. The lowest BCUT2D eigenvalue weighted by Crippen LogP contribution is -2.23. The minimum absolute atomic E-state index is 0.0288. The van der Waals surface area contributed by atoms with Gasteiger partial charge in [-0.3, -0.25) is 4.79 Å². The molecule has 3 aromatic rings. The first-order valence-electron chi connectivity index (χ1n) is 10.4. The maximum atomic E-state index is 11.3. The monoisotopic (exact) mass is 426 g/mol. The van der Waals surface area contributed by atoms with Crippen LogP contribution in [-0.2, 0) is 15.1 Å². The molecular formula is C24H30N2O3S. The van der Waals surface area contributed by atoms with Crippen LogP contribution in [0.5, 0.6) is 0 Å². The molecule has 0 aliphatic carbocycles. The molecule has 0 saturated carbocycles. The number of hydrogen-bond donors (Lipinski definition) is 2. The van der Waals surface area contributed by atoms with Gasteiger partial charge in [0.05, 0.1) is 27.2 Å². The number of benzene rings is 2. The first kappa shape index (κ1) is 22.2. The molecule has 0 spiro atoms. The zero-order valence-electron chi connectivity index (χ0n) is 18.3. The Hall–Kier alpha value is -2.44. The second-order valence-corrected chi connectivity index (χ2v) is 9.23. The number of aliphatic carboxylic acids is 1. The van der Waals surface area contributed by atoms with E-state index in [0.717, 1.165) is 44.1 Å². The molecule has 0 radical (unpaired) electrons. The van der Waals surface area contributed by atoms with Crippen LogP contribution in [0.2, 0.25) is 0 Å². The standard InChI is InChI=1S/C24H30N2O3S/c1-6-16(13-23(27)28)17-8-10-19(24(4,5)29-7-2)21(12-17)26-18-9-11-20-22(14-18)30-15(3)25-20/h8-12,14,16,26H,6-7,13H2,1-5H3,(H,27,28). The van der Waals surface area contributed by atoms with Crippen LogP contribution in [0, 0.1) is 6.92 Å². The molecule has 0 bridgehead atoms. The molecule has 0 saturated heterocycles. The van der Waals surface area contributed by atoms with E-state index >= 15 is 0 Å². The molecule has 0 amide bonds. The second kappa shape index (κ2) is 9.14. The number of rotatable bonds is 9. The van der Waals surface area contributed by atoms with E-state index in [1.165, 1.54) is 0 Å². The number of aromatic nitrogens is 1. The molecule has 1 heterocycles. The van der Waals surface area contributed by atoms with Crippen molar-refractivity contribution in [2.75, 3.05) is 11.9 Å². The Morgan fingerprint density at radius 2 is 2.00 bits per heavy atom. The van der Waals surface area contributed by atoms with Crippen LogP contribution in [0.15, 0.2) is 36.4 Å². The molecule has 30 heavy (non-hydrogen) atoms. The number of carbonyl (C=O) groups is 1. The Balaban J connectivity index is 2.04. The predicted octanol–water partition coefficient (Wildman–Crippen LogP) is 6.59. The number of aryl methyl sites for hydroxylation is 1. The van der Waals surface area contributed by atoms with Crippen molar-refractivity contribution in [3.8, 4) is 0 Å². The van der Waals surface area contributed by atoms with E-state index in [0.29, 0.717) is 6.61 Å². The minimum atomic E-state index is -0.777. The third-order valence-corrected chi connectivity index (χ3v) is 6.29. The van der Waals surface area contributed by atoms with Gasteiger partial charge in [-0.05, 0) is 69.9 Å². The van der Waals surface area contributed by atoms with Crippen molar-refractivity contribution in [3.63, 3.8) is 0 Å². The van der Waals surface area contributed by atoms with Crippen LogP contribution in [-0.4, -0.2) is 22.7 Å². The van der Waals surface area contributed by atoms with Gasteiger partial charge in [-0.1, -0.05) is 19.1 Å². The molecule has 1 aromatic heterocycles. The van der Waals surface area contributed by atoms with Crippen molar-refractivity contribution < 1.29 is 14.6 Å². The van der Waals surface area contributed by atoms with E-state index in [2.05, 4.69) is 42.3 Å². The van der Waals surface area contributed by atoms with Crippen molar-refractivity contribution in [3.05, 3.63) is 52.5 Å². The lowest BCUT2D eigenvalue weighted by atomic mass is 9.88. The smallest absolute Gasteiger partial charge is 0.303 e. The van der Waals surface area contributed by atoms with Crippen molar-refractivity contribution in [1.82, 2.24) is 4.98 Å². The largest absolute Gasteiger partial charge is 0.481 e. The van der Waals surface area contributed by atoms with Crippen molar-refractivity contribution >= 4 is 38.9 Å². The first-order valence-corrected chi connectivity index (χ1v) is 11.2. The third-order valence-electron chi connectivity index (χ3n) is 5.36. The van der Waals surface area contributed by atoms with Crippen LogP contribution in [0.1, 0.15) is 62.6 Å². The fourth-order valence-electron chi connectivity index (χ4n) is 3.86. The maximum absolute atomic E-state index is 11.3. The van der Waals surface area contributed by atoms with Crippen LogP contribution in [0.3, 0.4) is 0 Å². The molecule has 1 unspecified atom stereocenters. The summed E-state index contributed by atoms with van der Waals surface area (Å²) in [5.41, 5.74) is 4.50. The number of fused-ring (bicyclic) bond motifs is 1. The van der Waals surface area contributed by atoms with E-state index in [4.69, 9.17) is 4.74 Å². The van der Waals surface area contributed by atoms with E-state index < -0.39 is 11.6 Å². The zero-order valence-corrected chi connectivity index (χ0v) is 19.1. The minimum Gasteiger partial charge on any atom is -0.481 e. The molecule has 6 heteroatoms. The summed E-state index contributed by atoms with van der Waals surface area (Å²) >= 11 is 1.67. The SMILES string of the molecule is CCOC(C)(C)c1ccc(C(CC)CC(=O)O)cc1Nc1ccc2nc(C)sc2c1. The maximum Gasteiger partial charge on any atom is 0.303 e. The van der Waals surface area contributed by atoms with E-state index in [1.54, 1.807) is 11.3 Å². The topological polar surface area (TPSA) is 71.5 Å². The number of hydrogen-bond acceptors (Lipinski definition) is 5. The summed E-state index contributed by atoms with van der Waals surface area (Å²) in [4.78, 5) is 15.8. The summed E-state index contributed by atoms with van der Waals surface area (Å²) < 4.78 is 7.15. The number of nitrogens with zero attached hydrogens (tertiary/aromatic N) is 1. The molecule has 3 rings (SSSR count). The van der Waals surface area contributed by atoms with Crippen LogP contribution in [0.4, 0.5) is 11.4 Å². The number of carboxylic acid groups (broad SMARTS) is 1. The van der Waals surface area contributed by atoms with E-state index in [1.807, 2.05) is 39.0 Å². The molecule has 2 N–H and O–H groups in total. The second-order valence-electron chi connectivity index (χ2n) is 7.99. The fourth-order valence-corrected chi connectivity index (χ4v) is 4.73. The van der Waals surface area contributed by atoms with Crippen molar-refractivity contribution in [1.29, 1.82) is 0 Å². The highest BCUT2D eigenvalue weighted by atomic mass is 32.1. The van der Waals surface area contributed by atoms with Gasteiger partial charge in [0, 0.05) is 23.5 Å².